The second-order valence-corrected chi connectivity index (χ2v) is 5.79. The Morgan fingerprint density at radius 2 is 2.29 bits per heavy atom. The topological polar surface area (TPSA) is 41.3 Å². The van der Waals surface area contributed by atoms with Crippen LogP contribution in [-0.2, 0) is 13.6 Å². The Bertz CT molecular complexity index is 403. The van der Waals surface area contributed by atoms with Gasteiger partial charge in [0.25, 0.3) is 0 Å². The van der Waals surface area contributed by atoms with Crippen LogP contribution in [0.15, 0.2) is 4.47 Å². The summed E-state index contributed by atoms with van der Waals surface area (Å²) in [5.74, 6) is 0.420. The molecule has 96 valence electrons. The summed E-state index contributed by atoms with van der Waals surface area (Å²) in [7, 11) is 1.98. The highest BCUT2D eigenvalue weighted by molar-refractivity contribution is 9.10. The molecule has 5 heteroatoms. The van der Waals surface area contributed by atoms with Gasteiger partial charge in [0.05, 0.1) is 22.0 Å². The van der Waals surface area contributed by atoms with Crippen LogP contribution in [0.2, 0.25) is 0 Å². The van der Waals surface area contributed by atoms with E-state index in [2.05, 4.69) is 25.9 Å². The fraction of sp³-hybridized carbons (Fsp3) is 0.750. The molecule has 1 N–H and O–H groups in total. The zero-order chi connectivity index (χ0) is 12.6. The third-order valence-electron chi connectivity index (χ3n) is 3.63. The molecule has 1 saturated heterocycles. The van der Waals surface area contributed by atoms with Crippen molar-refractivity contribution in [3.63, 3.8) is 0 Å². The SMILES string of the molecule is Cc1nn(C)c(CN2CCC(C(C)O)C2)c1Br. The Morgan fingerprint density at radius 1 is 1.59 bits per heavy atom. The lowest BCUT2D eigenvalue weighted by Crippen LogP contribution is -2.25. The Morgan fingerprint density at radius 3 is 2.76 bits per heavy atom. The van der Waals surface area contributed by atoms with Gasteiger partial charge in [0, 0.05) is 20.1 Å². The number of halogens is 1. The summed E-state index contributed by atoms with van der Waals surface area (Å²) in [6, 6.07) is 0. The van der Waals surface area contributed by atoms with Crippen molar-refractivity contribution in [2.24, 2.45) is 13.0 Å². The van der Waals surface area contributed by atoms with Crippen molar-refractivity contribution >= 4 is 15.9 Å². The van der Waals surface area contributed by atoms with Crippen molar-refractivity contribution < 1.29 is 5.11 Å². The largest absolute Gasteiger partial charge is 0.393 e. The van der Waals surface area contributed by atoms with E-state index in [1.807, 2.05) is 25.6 Å². The summed E-state index contributed by atoms with van der Waals surface area (Å²) in [5.41, 5.74) is 2.25. The predicted molar refractivity (Wildman–Crippen MR) is 70.7 cm³/mol. The molecule has 1 aliphatic rings. The number of rotatable bonds is 3. The van der Waals surface area contributed by atoms with Crippen molar-refractivity contribution in [2.45, 2.75) is 32.9 Å². The van der Waals surface area contributed by atoms with Gasteiger partial charge in [0.1, 0.15) is 0 Å². The second kappa shape index (κ2) is 5.08. The summed E-state index contributed by atoms with van der Waals surface area (Å²) < 4.78 is 3.05. The van der Waals surface area contributed by atoms with Crippen LogP contribution >= 0.6 is 15.9 Å². The van der Waals surface area contributed by atoms with E-state index >= 15 is 0 Å². The normalized spacial score (nSPS) is 23.2. The number of aliphatic hydroxyl groups excluding tert-OH is 1. The number of hydrogen-bond acceptors (Lipinski definition) is 3. The molecule has 4 nitrogen and oxygen atoms in total. The molecule has 2 atom stereocenters. The van der Waals surface area contributed by atoms with Crippen LogP contribution in [0, 0.1) is 12.8 Å². The second-order valence-electron chi connectivity index (χ2n) is 4.99. The van der Waals surface area contributed by atoms with E-state index in [1.54, 1.807) is 0 Å². The molecule has 1 aliphatic heterocycles. The van der Waals surface area contributed by atoms with E-state index in [-0.39, 0.29) is 6.10 Å². The Balaban J connectivity index is 2.03. The Hall–Kier alpha value is -0.390. The highest BCUT2D eigenvalue weighted by atomic mass is 79.9. The number of aryl methyl sites for hydroxylation is 2. The fourth-order valence-electron chi connectivity index (χ4n) is 2.46. The molecule has 0 radical (unpaired) electrons. The van der Waals surface area contributed by atoms with Crippen LogP contribution in [-0.4, -0.2) is 39.0 Å². The summed E-state index contributed by atoms with van der Waals surface area (Å²) in [6.07, 6.45) is 0.892. The van der Waals surface area contributed by atoms with Crippen molar-refractivity contribution in [3.05, 3.63) is 15.9 Å². The van der Waals surface area contributed by atoms with Gasteiger partial charge < -0.3 is 5.11 Å². The average molecular weight is 302 g/mol. The van der Waals surface area contributed by atoms with E-state index in [0.717, 1.165) is 36.2 Å². The van der Waals surface area contributed by atoms with Gasteiger partial charge in [-0.05, 0) is 48.7 Å². The van der Waals surface area contributed by atoms with Crippen LogP contribution < -0.4 is 0 Å². The lowest BCUT2D eigenvalue weighted by molar-refractivity contribution is 0.127. The molecular weight excluding hydrogens is 282 g/mol. The van der Waals surface area contributed by atoms with Gasteiger partial charge in [-0.25, -0.2) is 0 Å². The van der Waals surface area contributed by atoms with Gasteiger partial charge in [-0.1, -0.05) is 0 Å². The number of hydrogen-bond donors (Lipinski definition) is 1. The molecular formula is C12H20BrN3O. The molecule has 1 fully saturated rings. The number of aromatic nitrogens is 2. The molecule has 17 heavy (non-hydrogen) atoms. The Labute approximate surface area is 111 Å². The lowest BCUT2D eigenvalue weighted by Gasteiger charge is -2.17. The molecule has 1 aromatic rings. The smallest absolute Gasteiger partial charge is 0.0739 e. The maximum absolute atomic E-state index is 9.60. The maximum Gasteiger partial charge on any atom is 0.0739 e. The zero-order valence-corrected chi connectivity index (χ0v) is 12.2. The monoisotopic (exact) mass is 301 g/mol. The highest BCUT2D eigenvalue weighted by Crippen LogP contribution is 2.25. The van der Waals surface area contributed by atoms with Crippen LogP contribution in [0.1, 0.15) is 24.7 Å². The van der Waals surface area contributed by atoms with Crippen LogP contribution in [0.25, 0.3) is 0 Å². The van der Waals surface area contributed by atoms with Gasteiger partial charge in [-0.3, -0.25) is 9.58 Å². The maximum atomic E-state index is 9.60. The first-order valence-electron chi connectivity index (χ1n) is 6.07. The molecule has 2 rings (SSSR count). The third-order valence-corrected chi connectivity index (χ3v) is 4.66. The quantitative estimate of drug-likeness (QED) is 0.924. The van der Waals surface area contributed by atoms with Gasteiger partial charge in [-0.2, -0.15) is 5.10 Å². The average Bonchev–Trinajstić information content (AvgIpc) is 2.80. The van der Waals surface area contributed by atoms with Crippen LogP contribution in [0.3, 0.4) is 0 Å². The molecule has 2 heterocycles. The molecule has 0 bridgehead atoms. The predicted octanol–water partition coefficient (Wildman–Crippen LogP) is 1.69. The zero-order valence-electron chi connectivity index (χ0n) is 10.6. The number of likely N-dealkylation sites (tertiary alicyclic amines) is 1. The molecule has 2 unspecified atom stereocenters. The Kier molecular flexibility index (Phi) is 3.90. The number of nitrogens with zero attached hydrogens (tertiary/aromatic N) is 3. The standard InChI is InChI=1S/C12H20BrN3O/c1-8-12(13)11(15(3)14-8)7-16-5-4-10(6-16)9(2)17/h9-10,17H,4-7H2,1-3H3. The van der Waals surface area contributed by atoms with Gasteiger partial charge in [0.2, 0.25) is 0 Å². The first-order valence-corrected chi connectivity index (χ1v) is 6.86. The minimum Gasteiger partial charge on any atom is -0.393 e. The van der Waals surface area contributed by atoms with E-state index in [9.17, 15) is 5.11 Å². The molecule has 0 aromatic carbocycles. The minimum absolute atomic E-state index is 0.197. The third kappa shape index (κ3) is 2.72. The van der Waals surface area contributed by atoms with Crippen molar-refractivity contribution in [3.8, 4) is 0 Å². The fourth-order valence-corrected chi connectivity index (χ4v) is 2.92. The van der Waals surface area contributed by atoms with Crippen molar-refractivity contribution in [2.75, 3.05) is 13.1 Å². The van der Waals surface area contributed by atoms with Crippen molar-refractivity contribution in [1.29, 1.82) is 0 Å². The van der Waals surface area contributed by atoms with Gasteiger partial charge in [0.15, 0.2) is 0 Å². The summed E-state index contributed by atoms with van der Waals surface area (Å²) in [4.78, 5) is 2.39. The highest BCUT2D eigenvalue weighted by Gasteiger charge is 2.27. The van der Waals surface area contributed by atoms with Gasteiger partial charge >= 0.3 is 0 Å². The van der Waals surface area contributed by atoms with E-state index in [4.69, 9.17) is 0 Å². The molecule has 1 aromatic heterocycles. The summed E-state index contributed by atoms with van der Waals surface area (Å²) >= 11 is 3.59. The van der Waals surface area contributed by atoms with Crippen LogP contribution in [0.5, 0.6) is 0 Å². The van der Waals surface area contributed by atoms with Crippen molar-refractivity contribution in [1.82, 2.24) is 14.7 Å². The summed E-state index contributed by atoms with van der Waals surface area (Å²) in [5, 5.41) is 14.0. The van der Waals surface area contributed by atoms with E-state index in [0.29, 0.717) is 5.92 Å². The van der Waals surface area contributed by atoms with Crippen LogP contribution in [0.4, 0.5) is 0 Å². The molecule has 0 saturated carbocycles. The molecule has 0 spiro atoms. The summed E-state index contributed by atoms with van der Waals surface area (Å²) in [6.45, 7) is 6.84. The van der Waals surface area contributed by atoms with E-state index in [1.165, 1.54) is 5.69 Å². The number of aliphatic hydroxyl groups is 1. The van der Waals surface area contributed by atoms with E-state index < -0.39 is 0 Å². The minimum atomic E-state index is -0.197. The molecule has 0 amide bonds. The first kappa shape index (κ1) is 13.1. The lowest BCUT2D eigenvalue weighted by atomic mass is 10.0. The first-order chi connectivity index (χ1) is 7.99. The van der Waals surface area contributed by atoms with Gasteiger partial charge in [-0.15, -0.1) is 0 Å². The molecule has 0 aliphatic carbocycles.